The first-order valence-electron chi connectivity index (χ1n) is 11.0. The maximum atomic E-state index is 13.2. The number of hydrogen-bond acceptors (Lipinski definition) is 8. The van der Waals surface area contributed by atoms with Gasteiger partial charge in [-0.15, -0.1) is 0 Å². The third-order valence-electron chi connectivity index (χ3n) is 5.53. The first-order chi connectivity index (χ1) is 16.1. The van der Waals surface area contributed by atoms with Crippen LogP contribution in [0, 0.1) is 6.92 Å². The van der Waals surface area contributed by atoms with E-state index in [0.717, 1.165) is 11.3 Å². The Morgan fingerprint density at radius 3 is 2.71 bits per heavy atom. The van der Waals surface area contributed by atoms with Crippen molar-refractivity contribution in [1.82, 2.24) is 29.8 Å². The largest absolute Gasteiger partial charge is 0.480 e. The van der Waals surface area contributed by atoms with Crippen molar-refractivity contribution in [2.75, 3.05) is 25.9 Å². The number of ether oxygens (including phenoxy) is 2. The lowest BCUT2D eigenvalue weighted by atomic mass is 10.1. The molecule has 0 aliphatic carbocycles. The number of nitrogens with zero attached hydrogens (tertiary/aromatic N) is 5. The standard InChI is InChI=1S/C23H29N7O4/c1-13-8-17(30-18(13)19(24)26-12-27-30)14-9-16(21(33-5)25-10-14)20(31)28-15-6-7-29(11-15)22(32)34-23(2,3)4/h8-10,12,15H,6-7,11H2,1-5H3,(H,28,31)(H2,24,26,27). The summed E-state index contributed by atoms with van der Waals surface area (Å²) in [5.41, 5.74) is 8.74. The minimum Gasteiger partial charge on any atom is -0.480 e. The van der Waals surface area contributed by atoms with E-state index in [4.69, 9.17) is 15.2 Å². The van der Waals surface area contributed by atoms with Crippen LogP contribution in [-0.2, 0) is 4.74 Å². The van der Waals surface area contributed by atoms with Gasteiger partial charge in [0, 0.05) is 30.9 Å². The van der Waals surface area contributed by atoms with Gasteiger partial charge in [0.05, 0.1) is 12.8 Å². The first kappa shape index (κ1) is 23.3. The van der Waals surface area contributed by atoms with Crippen molar-refractivity contribution in [1.29, 1.82) is 0 Å². The molecule has 1 aliphatic rings. The third kappa shape index (κ3) is 4.59. The second-order valence-corrected chi connectivity index (χ2v) is 9.28. The number of carbonyl (C=O) groups is 2. The van der Waals surface area contributed by atoms with E-state index >= 15 is 0 Å². The van der Waals surface area contributed by atoms with Crippen LogP contribution in [0.5, 0.6) is 5.88 Å². The molecule has 3 N–H and O–H groups in total. The van der Waals surface area contributed by atoms with Gasteiger partial charge in [-0.2, -0.15) is 5.10 Å². The molecule has 3 aromatic rings. The maximum Gasteiger partial charge on any atom is 0.410 e. The minimum absolute atomic E-state index is 0.204. The Labute approximate surface area is 197 Å². The maximum absolute atomic E-state index is 13.2. The summed E-state index contributed by atoms with van der Waals surface area (Å²) < 4.78 is 12.4. The van der Waals surface area contributed by atoms with Gasteiger partial charge in [0.1, 0.15) is 23.0 Å². The lowest BCUT2D eigenvalue weighted by Gasteiger charge is -2.24. The molecular formula is C23H29N7O4. The Bertz CT molecular complexity index is 1250. The van der Waals surface area contributed by atoms with Crippen molar-refractivity contribution < 1.29 is 19.1 Å². The number of nitrogen functional groups attached to an aromatic ring is 1. The summed E-state index contributed by atoms with van der Waals surface area (Å²) in [7, 11) is 1.46. The molecule has 11 nitrogen and oxygen atoms in total. The van der Waals surface area contributed by atoms with Crippen molar-refractivity contribution in [2.45, 2.75) is 45.8 Å². The van der Waals surface area contributed by atoms with Crippen molar-refractivity contribution >= 4 is 23.3 Å². The van der Waals surface area contributed by atoms with Crippen molar-refractivity contribution in [3.63, 3.8) is 0 Å². The number of rotatable bonds is 4. The molecule has 0 saturated carbocycles. The van der Waals surface area contributed by atoms with E-state index in [0.29, 0.717) is 36.4 Å². The molecule has 1 fully saturated rings. The van der Waals surface area contributed by atoms with E-state index in [1.165, 1.54) is 13.4 Å². The Hall–Kier alpha value is -3.89. The lowest BCUT2D eigenvalue weighted by Crippen LogP contribution is -2.40. The van der Waals surface area contributed by atoms with E-state index in [2.05, 4.69) is 20.4 Å². The number of anilines is 1. The number of aryl methyl sites for hydroxylation is 1. The van der Waals surface area contributed by atoms with Gasteiger partial charge in [0.25, 0.3) is 5.91 Å². The van der Waals surface area contributed by atoms with Crippen LogP contribution in [0.15, 0.2) is 24.7 Å². The van der Waals surface area contributed by atoms with Crippen LogP contribution >= 0.6 is 0 Å². The van der Waals surface area contributed by atoms with Gasteiger partial charge in [0.15, 0.2) is 5.82 Å². The molecule has 4 rings (SSSR count). The Kier molecular flexibility index (Phi) is 6.03. The molecule has 0 aromatic carbocycles. The van der Waals surface area contributed by atoms with E-state index in [1.54, 1.807) is 21.7 Å². The minimum atomic E-state index is -0.575. The molecule has 0 radical (unpaired) electrons. The highest BCUT2D eigenvalue weighted by molar-refractivity contribution is 5.98. The number of hydrogen-bond donors (Lipinski definition) is 2. The number of carbonyl (C=O) groups excluding carboxylic acids is 2. The summed E-state index contributed by atoms with van der Waals surface area (Å²) in [6, 6.07) is 3.42. The third-order valence-corrected chi connectivity index (χ3v) is 5.53. The normalized spacial score (nSPS) is 16.0. The van der Waals surface area contributed by atoms with Crippen LogP contribution in [0.25, 0.3) is 16.8 Å². The molecule has 4 heterocycles. The highest BCUT2D eigenvalue weighted by Gasteiger charge is 2.31. The van der Waals surface area contributed by atoms with Crippen molar-refractivity contribution in [2.24, 2.45) is 0 Å². The smallest absolute Gasteiger partial charge is 0.410 e. The quantitative estimate of drug-likeness (QED) is 0.597. The molecule has 2 amide bonds. The average molecular weight is 468 g/mol. The summed E-state index contributed by atoms with van der Waals surface area (Å²) in [6.07, 6.45) is 3.24. The summed E-state index contributed by atoms with van der Waals surface area (Å²) in [5.74, 6) is 0.234. The average Bonchev–Trinajstić information content (AvgIpc) is 3.37. The number of nitrogens with one attached hydrogen (secondary N) is 1. The SMILES string of the molecule is COc1ncc(-c2cc(C)c3c(N)ncnn23)cc1C(=O)NC1CCN(C(=O)OC(C)(C)C)C1. The topological polar surface area (TPSA) is 137 Å². The van der Waals surface area contributed by atoms with Crippen LogP contribution in [0.4, 0.5) is 10.6 Å². The molecule has 0 spiro atoms. The fourth-order valence-corrected chi connectivity index (χ4v) is 4.01. The van der Waals surface area contributed by atoms with Crippen LogP contribution in [0.1, 0.15) is 43.1 Å². The zero-order valence-corrected chi connectivity index (χ0v) is 20.0. The summed E-state index contributed by atoms with van der Waals surface area (Å²) in [5, 5.41) is 7.29. The highest BCUT2D eigenvalue weighted by Crippen LogP contribution is 2.29. The second kappa shape index (κ2) is 8.81. The van der Waals surface area contributed by atoms with Gasteiger partial charge in [-0.25, -0.2) is 19.3 Å². The number of nitrogens with two attached hydrogens (primary N) is 1. The van der Waals surface area contributed by atoms with Crippen molar-refractivity contribution in [3.8, 4) is 17.1 Å². The molecular weight excluding hydrogens is 438 g/mol. The molecule has 3 aromatic heterocycles. The number of pyridine rings is 1. The molecule has 1 unspecified atom stereocenters. The van der Waals surface area contributed by atoms with Gasteiger partial charge in [0.2, 0.25) is 5.88 Å². The second-order valence-electron chi connectivity index (χ2n) is 9.28. The summed E-state index contributed by atoms with van der Waals surface area (Å²) in [6.45, 7) is 8.26. The first-order valence-corrected chi connectivity index (χ1v) is 11.0. The van der Waals surface area contributed by atoms with E-state index in [1.807, 2.05) is 33.8 Å². The van der Waals surface area contributed by atoms with Crippen LogP contribution in [0.2, 0.25) is 0 Å². The molecule has 0 bridgehead atoms. The van der Waals surface area contributed by atoms with Crippen LogP contribution < -0.4 is 15.8 Å². The fraction of sp³-hybridized carbons (Fsp3) is 0.435. The highest BCUT2D eigenvalue weighted by atomic mass is 16.6. The van der Waals surface area contributed by atoms with E-state index < -0.39 is 5.60 Å². The zero-order valence-electron chi connectivity index (χ0n) is 20.0. The number of aromatic nitrogens is 4. The van der Waals surface area contributed by atoms with Gasteiger partial charge in [-0.05, 0) is 51.8 Å². The van der Waals surface area contributed by atoms with Gasteiger partial charge < -0.3 is 25.4 Å². The Morgan fingerprint density at radius 2 is 2.00 bits per heavy atom. The van der Waals surface area contributed by atoms with Gasteiger partial charge in [-0.3, -0.25) is 4.79 Å². The van der Waals surface area contributed by atoms with Crippen LogP contribution in [0.3, 0.4) is 0 Å². The van der Waals surface area contributed by atoms with E-state index in [-0.39, 0.29) is 29.5 Å². The summed E-state index contributed by atoms with van der Waals surface area (Å²) in [4.78, 5) is 35.5. The van der Waals surface area contributed by atoms with Gasteiger partial charge >= 0.3 is 6.09 Å². The Morgan fingerprint density at radius 1 is 1.24 bits per heavy atom. The predicted octanol–water partition coefficient (Wildman–Crippen LogP) is 2.43. The summed E-state index contributed by atoms with van der Waals surface area (Å²) >= 11 is 0. The number of fused-ring (bicyclic) bond motifs is 1. The lowest BCUT2D eigenvalue weighted by molar-refractivity contribution is 0.0290. The zero-order chi connectivity index (χ0) is 24.6. The Balaban J connectivity index is 1.56. The monoisotopic (exact) mass is 467 g/mol. The fourth-order valence-electron chi connectivity index (χ4n) is 4.01. The molecule has 1 aliphatic heterocycles. The molecule has 1 saturated heterocycles. The van der Waals surface area contributed by atoms with Crippen molar-refractivity contribution in [3.05, 3.63) is 35.8 Å². The predicted molar refractivity (Wildman–Crippen MR) is 126 cm³/mol. The number of likely N-dealkylation sites (tertiary alicyclic amines) is 1. The number of amides is 2. The molecule has 1 atom stereocenters. The number of methoxy groups -OCH3 is 1. The molecule has 180 valence electrons. The van der Waals surface area contributed by atoms with Crippen LogP contribution in [-0.4, -0.2) is 68.3 Å². The molecule has 11 heteroatoms. The van der Waals surface area contributed by atoms with Gasteiger partial charge in [-0.1, -0.05) is 0 Å². The molecule has 34 heavy (non-hydrogen) atoms. The van der Waals surface area contributed by atoms with E-state index in [9.17, 15) is 9.59 Å².